The van der Waals surface area contributed by atoms with Crippen LogP contribution in [0.5, 0.6) is 11.5 Å². The van der Waals surface area contributed by atoms with Crippen molar-refractivity contribution in [3.63, 3.8) is 0 Å². The normalized spacial score (nSPS) is 13.2. The van der Waals surface area contributed by atoms with Crippen LogP contribution in [-0.4, -0.2) is 20.9 Å². The number of carbonyl (C=O) groups is 1. The fourth-order valence-electron chi connectivity index (χ4n) is 4.09. The molecule has 3 aromatic rings. The van der Waals surface area contributed by atoms with Crippen LogP contribution < -0.4 is 14.4 Å². The Hall–Kier alpha value is -3.32. The predicted molar refractivity (Wildman–Crippen MR) is 127 cm³/mol. The van der Waals surface area contributed by atoms with E-state index in [1.54, 1.807) is 30.9 Å². The SMILES string of the molecule is CCN1C(=O)c2cc(NS(=O)(=O)c3c(C)c(C)cc(C)c3C)ccc2Oc2ccccc21. The van der Waals surface area contributed by atoms with Gasteiger partial charge in [0, 0.05) is 12.2 Å². The number of sulfonamides is 1. The van der Waals surface area contributed by atoms with Crippen molar-refractivity contribution in [3.8, 4) is 11.5 Å². The molecule has 0 radical (unpaired) electrons. The summed E-state index contributed by atoms with van der Waals surface area (Å²) in [5, 5.41) is 0. The van der Waals surface area contributed by atoms with Gasteiger partial charge in [0.15, 0.2) is 5.75 Å². The Morgan fingerprint density at radius 2 is 1.56 bits per heavy atom. The predicted octanol–water partition coefficient (Wildman–Crippen LogP) is 5.49. The summed E-state index contributed by atoms with van der Waals surface area (Å²) in [5.41, 5.74) is 4.54. The summed E-state index contributed by atoms with van der Waals surface area (Å²) < 4.78 is 35.3. The van der Waals surface area contributed by atoms with Crippen molar-refractivity contribution in [1.82, 2.24) is 0 Å². The van der Waals surface area contributed by atoms with Crippen molar-refractivity contribution in [2.75, 3.05) is 16.2 Å². The van der Waals surface area contributed by atoms with Crippen LogP contribution in [0.4, 0.5) is 11.4 Å². The molecule has 0 saturated heterocycles. The van der Waals surface area contributed by atoms with E-state index in [2.05, 4.69) is 4.72 Å². The van der Waals surface area contributed by atoms with Crippen LogP contribution in [0.3, 0.4) is 0 Å². The summed E-state index contributed by atoms with van der Waals surface area (Å²) in [6.45, 7) is 9.75. The number of carbonyl (C=O) groups excluding carboxylic acids is 1. The monoisotopic (exact) mass is 450 g/mol. The van der Waals surface area contributed by atoms with Crippen LogP contribution in [0.25, 0.3) is 0 Å². The molecule has 6 nitrogen and oxygen atoms in total. The van der Waals surface area contributed by atoms with E-state index in [0.29, 0.717) is 46.1 Å². The molecule has 0 aliphatic carbocycles. The van der Waals surface area contributed by atoms with Crippen LogP contribution >= 0.6 is 0 Å². The van der Waals surface area contributed by atoms with Crippen molar-refractivity contribution >= 4 is 27.3 Å². The molecular formula is C25H26N2O4S. The van der Waals surface area contributed by atoms with Gasteiger partial charge in [-0.3, -0.25) is 9.52 Å². The summed E-state index contributed by atoms with van der Waals surface area (Å²) in [7, 11) is -3.86. The number of aryl methyl sites for hydroxylation is 2. The van der Waals surface area contributed by atoms with Crippen LogP contribution in [-0.2, 0) is 10.0 Å². The smallest absolute Gasteiger partial charge is 0.262 e. The summed E-state index contributed by atoms with van der Waals surface area (Å²) in [5.74, 6) is 0.726. The lowest BCUT2D eigenvalue weighted by Crippen LogP contribution is -2.29. The summed E-state index contributed by atoms with van der Waals surface area (Å²) in [6, 6.07) is 14.1. The molecule has 1 aliphatic rings. The van der Waals surface area contributed by atoms with E-state index in [-0.39, 0.29) is 10.8 Å². The van der Waals surface area contributed by atoms with Gasteiger partial charge in [-0.05, 0) is 87.2 Å². The van der Waals surface area contributed by atoms with Gasteiger partial charge in [-0.15, -0.1) is 0 Å². The third-order valence-electron chi connectivity index (χ3n) is 5.97. The number of ether oxygens (including phenoxy) is 1. The first-order valence-corrected chi connectivity index (χ1v) is 12.0. The van der Waals surface area contributed by atoms with Gasteiger partial charge in [0.25, 0.3) is 15.9 Å². The first-order valence-electron chi connectivity index (χ1n) is 10.5. The fourth-order valence-corrected chi connectivity index (χ4v) is 5.76. The minimum atomic E-state index is -3.86. The summed E-state index contributed by atoms with van der Waals surface area (Å²) in [6.07, 6.45) is 0. The highest BCUT2D eigenvalue weighted by molar-refractivity contribution is 7.92. The van der Waals surface area contributed by atoms with E-state index < -0.39 is 10.0 Å². The molecule has 0 saturated carbocycles. The average Bonchev–Trinajstić information content (AvgIpc) is 2.86. The maximum Gasteiger partial charge on any atom is 0.262 e. The highest BCUT2D eigenvalue weighted by Gasteiger charge is 2.28. The zero-order valence-electron chi connectivity index (χ0n) is 18.8. The Kier molecular flexibility index (Phi) is 5.46. The molecule has 166 valence electrons. The molecule has 32 heavy (non-hydrogen) atoms. The van der Waals surface area contributed by atoms with Crippen molar-refractivity contribution < 1.29 is 17.9 Å². The van der Waals surface area contributed by atoms with Gasteiger partial charge in [-0.25, -0.2) is 8.42 Å². The molecule has 0 aromatic heterocycles. The van der Waals surface area contributed by atoms with Gasteiger partial charge in [-0.2, -0.15) is 0 Å². The quantitative estimate of drug-likeness (QED) is 0.570. The Morgan fingerprint density at radius 3 is 2.22 bits per heavy atom. The second kappa shape index (κ2) is 7.98. The van der Waals surface area contributed by atoms with Crippen molar-refractivity contribution in [1.29, 1.82) is 0 Å². The molecule has 0 bridgehead atoms. The number of anilines is 2. The van der Waals surface area contributed by atoms with Crippen molar-refractivity contribution in [3.05, 3.63) is 76.3 Å². The number of nitrogens with zero attached hydrogens (tertiary/aromatic N) is 1. The third kappa shape index (κ3) is 3.62. The van der Waals surface area contributed by atoms with Crippen LogP contribution in [0, 0.1) is 27.7 Å². The maximum atomic E-state index is 13.3. The number of fused-ring (bicyclic) bond motifs is 2. The van der Waals surface area contributed by atoms with Crippen molar-refractivity contribution in [2.24, 2.45) is 0 Å². The lowest BCUT2D eigenvalue weighted by Gasteiger charge is -2.20. The van der Waals surface area contributed by atoms with E-state index in [1.807, 2.05) is 51.1 Å². The van der Waals surface area contributed by atoms with E-state index in [9.17, 15) is 13.2 Å². The van der Waals surface area contributed by atoms with Gasteiger partial charge < -0.3 is 9.64 Å². The molecular weight excluding hydrogens is 424 g/mol. The third-order valence-corrected chi connectivity index (χ3v) is 7.62. The zero-order chi connectivity index (χ0) is 23.2. The van der Waals surface area contributed by atoms with Crippen LogP contribution in [0.1, 0.15) is 39.5 Å². The van der Waals surface area contributed by atoms with E-state index in [0.717, 1.165) is 11.1 Å². The standard InChI is InChI=1S/C25H26N2O4S/c1-6-27-21-9-7-8-10-23(21)31-22-12-11-19(14-20(22)25(27)28)26-32(29,30)24-17(4)15(2)13-16(3)18(24)5/h7-14,26H,6H2,1-5H3. The lowest BCUT2D eigenvalue weighted by molar-refractivity contribution is 0.0988. The molecule has 0 atom stereocenters. The summed E-state index contributed by atoms with van der Waals surface area (Å²) in [4.78, 5) is 15.2. The number of rotatable bonds is 4. The van der Waals surface area contributed by atoms with Gasteiger partial charge >= 0.3 is 0 Å². The molecule has 3 aromatic carbocycles. The zero-order valence-corrected chi connectivity index (χ0v) is 19.6. The van der Waals surface area contributed by atoms with Crippen LogP contribution in [0.2, 0.25) is 0 Å². The minimum Gasteiger partial charge on any atom is -0.454 e. The molecule has 7 heteroatoms. The molecule has 1 amide bonds. The van der Waals surface area contributed by atoms with Gasteiger partial charge in [-0.1, -0.05) is 18.2 Å². The van der Waals surface area contributed by atoms with Gasteiger partial charge in [0.1, 0.15) is 5.75 Å². The van der Waals surface area contributed by atoms with Gasteiger partial charge in [0.05, 0.1) is 16.1 Å². The second-order valence-corrected chi connectivity index (χ2v) is 9.64. The Bertz CT molecular complexity index is 1320. The Labute approximate surface area is 188 Å². The Morgan fingerprint density at radius 1 is 0.906 bits per heavy atom. The second-order valence-electron chi connectivity index (χ2n) is 8.03. The topological polar surface area (TPSA) is 75.7 Å². The van der Waals surface area contributed by atoms with Gasteiger partial charge in [0.2, 0.25) is 0 Å². The number of amides is 1. The first kappa shape index (κ1) is 21.9. The molecule has 0 spiro atoms. The molecule has 1 heterocycles. The fraction of sp³-hybridized carbons (Fsp3) is 0.240. The number of hydrogen-bond donors (Lipinski definition) is 1. The number of nitrogens with one attached hydrogen (secondary N) is 1. The van der Waals surface area contributed by atoms with E-state index >= 15 is 0 Å². The number of hydrogen-bond acceptors (Lipinski definition) is 4. The van der Waals surface area contributed by atoms with E-state index in [4.69, 9.17) is 4.74 Å². The van der Waals surface area contributed by atoms with Crippen molar-refractivity contribution in [2.45, 2.75) is 39.5 Å². The van der Waals surface area contributed by atoms with Crippen LogP contribution in [0.15, 0.2) is 53.4 Å². The average molecular weight is 451 g/mol. The minimum absolute atomic E-state index is 0.243. The highest BCUT2D eigenvalue weighted by Crippen LogP contribution is 2.39. The number of benzene rings is 3. The molecule has 1 N–H and O–H groups in total. The molecule has 1 aliphatic heterocycles. The maximum absolute atomic E-state index is 13.3. The molecule has 4 rings (SSSR count). The van der Waals surface area contributed by atoms with E-state index in [1.165, 1.54) is 6.07 Å². The number of para-hydroxylation sites is 2. The molecule has 0 unspecified atom stereocenters. The summed E-state index contributed by atoms with van der Waals surface area (Å²) >= 11 is 0. The highest BCUT2D eigenvalue weighted by atomic mass is 32.2. The lowest BCUT2D eigenvalue weighted by atomic mass is 10.0. The Balaban J connectivity index is 1.77. The molecule has 0 fully saturated rings. The first-order chi connectivity index (χ1) is 15.1. The largest absolute Gasteiger partial charge is 0.454 e.